The van der Waals surface area contributed by atoms with E-state index in [1.165, 1.54) is 10.9 Å². The highest BCUT2D eigenvalue weighted by Crippen LogP contribution is 2.60. The highest BCUT2D eigenvalue weighted by molar-refractivity contribution is 5.76. The number of amides is 1. The van der Waals surface area contributed by atoms with E-state index in [0.29, 0.717) is 12.3 Å². The number of imidazole rings is 1. The Morgan fingerprint density at radius 2 is 2.04 bits per heavy atom. The van der Waals surface area contributed by atoms with Crippen molar-refractivity contribution >= 4 is 6.03 Å². The third-order valence-electron chi connectivity index (χ3n) is 5.54. The second-order valence-corrected chi connectivity index (χ2v) is 7.40. The van der Waals surface area contributed by atoms with E-state index in [-0.39, 0.29) is 31.8 Å². The molecule has 3 rings (SSSR count). The molecule has 1 aliphatic heterocycles. The van der Waals surface area contributed by atoms with E-state index in [9.17, 15) is 18.0 Å². The molecule has 2 aliphatic rings. The van der Waals surface area contributed by atoms with Crippen molar-refractivity contribution in [3.05, 3.63) is 18.2 Å². The van der Waals surface area contributed by atoms with E-state index in [1.807, 2.05) is 0 Å². The molecule has 1 aromatic heterocycles. The molecule has 0 bridgehead atoms. The molecular formula is C17H25F3N4O. The van der Waals surface area contributed by atoms with Crippen LogP contribution in [0.2, 0.25) is 0 Å². The van der Waals surface area contributed by atoms with Crippen molar-refractivity contribution in [3.8, 4) is 0 Å². The Morgan fingerprint density at radius 3 is 2.64 bits per heavy atom. The van der Waals surface area contributed by atoms with Crippen LogP contribution in [0.3, 0.4) is 0 Å². The van der Waals surface area contributed by atoms with Gasteiger partial charge in [-0.1, -0.05) is 0 Å². The molecule has 25 heavy (non-hydrogen) atoms. The van der Waals surface area contributed by atoms with Gasteiger partial charge in [-0.05, 0) is 58.7 Å². The topological polar surface area (TPSA) is 50.2 Å². The van der Waals surface area contributed by atoms with Gasteiger partial charge in [0.2, 0.25) is 0 Å². The van der Waals surface area contributed by atoms with Crippen LogP contribution in [0.4, 0.5) is 18.0 Å². The van der Waals surface area contributed by atoms with Crippen LogP contribution in [0.1, 0.15) is 50.1 Å². The minimum absolute atomic E-state index is 0.0849. The summed E-state index contributed by atoms with van der Waals surface area (Å²) in [4.78, 5) is 18.7. The van der Waals surface area contributed by atoms with E-state index in [4.69, 9.17) is 0 Å². The van der Waals surface area contributed by atoms with Crippen LogP contribution >= 0.6 is 0 Å². The number of nitrogens with one attached hydrogen (secondary N) is 1. The zero-order chi connectivity index (χ0) is 18.1. The van der Waals surface area contributed by atoms with Crippen LogP contribution in [-0.2, 0) is 0 Å². The molecule has 0 spiro atoms. The Labute approximate surface area is 145 Å². The second kappa shape index (κ2) is 6.97. The van der Waals surface area contributed by atoms with Crippen molar-refractivity contribution in [2.24, 2.45) is 5.41 Å². The number of aromatic nitrogens is 2. The van der Waals surface area contributed by atoms with Crippen molar-refractivity contribution in [2.75, 3.05) is 26.7 Å². The smallest absolute Gasteiger partial charge is 0.337 e. The molecule has 0 aromatic carbocycles. The van der Waals surface area contributed by atoms with Crippen molar-refractivity contribution in [2.45, 2.75) is 50.6 Å². The Balaban J connectivity index is 1.43. The first-order valence-corrected chi connectivity index (χ1v) is 8.88. The minimum atomic E-state index is -4.12. The summed E-state index contributed by atoms with van der Waals surface area (Å²) < 4.78 is 39.9. The molecule has 1 aliphatic carbocycles. The summed E-state index contributed by atoms with van der Waals surface area (Å²) in [6.45, 7) is 2.29. The Kier molecular flexibility index (Phi) is 5.09. The Bertz CT molecular complexity index is 601. The number of nitrogens with zero attached hydrogens (tertiary/aromatic N) is 3. The normalized spacial score (nSPS) is 21.3. The van der Waals surface area contributed by atoms with Gasteiger partial charge in [0, 0.05) is 18.7 Å². The number of rotatable bonds is 5. The number of piperidine rings is 1. The van der Waals surface area contributed by atoms with Gasteiger partial charge in [-0.25, -0.2) is 9.78 Å². The summed E-state index contributed by atoms with van der Waals surface area (Å²) in [5, 5.41) is 2.68. The summed E-state index contributed by atoms with van der Waals surface area (Å²) in [6.07, 6.45) is 2.00. The second-order valence-electron chi connectivity index (χ2n) is 7.40. The highest BCUT2D eigenvalue weighted by atomic mass is 19.4. The molecule has 1 N–H and O–H groups in total. The maximum absolute atomic E-state index is 12.8. The van der Waals surface area contributed by atoms with Crippen LogP contribution in [-0.4, -0.2) is 53.3 Å². The van der Waals surface area contributed by atoms with Gasteiger partial charge in [-0.3, -0.25) is 4.57 Å². The molecule has 0 unspecified atom stereocenters. The maximum atomic E-state index is 12.8. The molecule has 1 saturated carbocycles. The molecule has 2 fully saturated rings. The molecular weight excluding hydrogens is 333 g/mol. The summed E-state index contributed by atoms with van der Waals surface area (Å²) >= 11 is 0. The number of hydrogen-bond acceptors (Lipinski definition) is 3. The number of halogens is 3. The molecule has 1 amide bonds. The number of alkyl halides is 3. The average molecular weight is 358 g/mol. The van der Waals surface area contributed by atoms with Crippen LogP contribution in [0.15, 0.2) is 12.5 Å². The van der Waals surface area contributed by atoms with Crippen LogP contribution in [0.5, 0.6) is 0 Å². The van der Waals surface area contributed by atoms with Crippen LogP contribution in [0.25, 0.3) is 0 Å². The molecule has 8 heteroatoms. The molecule has 1 saturated heterocycles. The lowest BCUT2D eigenvalue weighted by molar-refractivity contribution is -0.189. The van der Waals surface area contributed by atoms with Gasteiger partial charge >= 0.3 is 12.2 Å². The van der Waals surface area contributed by atoms with Gasteiger partial charge in [-0.15, -0.1) is 0 Å². The van der Waals surface area contributed by atoms with Gasteiger partial charge < -0.3 is 10.2 Å². The first-order valence-electron chi connectivity index (χ1n) is 8.88. The average Bonchev–Trinajstić information content (AvgIpc) is 3.21. The van der Waals surface area contributed by atoms with E-state index in [1.54, 1.807) is 6.20 Å². The first kappa shape index (κ1) is 18.2. The van der Waals surface area contributed by atoms with Gasteiger partial charge in [0.05, 0.1) is 11.1 Å². The molecule has 0 atom stereocenters. The fourth-order valence-corrected chi connectivity index (χ4v) is 3.50. The van der Waals surface area contributed by atoms with Crippen molar-refractivity contribution < 1.29 is 18.0 Å². The standard InChI is InChI=1S/C17H25F3N4O/c1-23-9-3-13(4-10-23)14-11-24(12-22-14)15(25)21-8-2-5-16(6-7-16)17(18,19)20/h11-13H,2-10H2,1H3,(H,21,25). The van der Waals surface area contributed by atoms with Crippen LogP contribution < -0.4 is 5.32 Å². The third-order valence-corrected chi connectivity index (χ3v) is 5.54. The largest absolute Gasteiger partial charge is 0.394 e. The fraction of sp³-hybridized carbons (Fsp3) is 0.765. The maximum Gasteiger partial charge on any atom is 0.394 e. The number of carbonyl (C=O) groups is 1. The van der Waals surface area contributed by atoms with Crippen molar-refractivity contribution in [1.29, 1.82) is 0 Å². The van der Waals surface area contributed by atoms with Gasteiger partial charge in [0.15, 0.2) is 0 Å². The summed E-state index contributed by atoms with van der Waals surface area (Å²) in [7, 11) is 2.09. The third kappa shape index (κ3) is 4.16. The van der Waals surface area contributed by atoms with Crippen molar-refractivity contribution in [1.82, 2.24) is 19.8 Å². The number of hydrogen-bond donors (Lipinski definition) is 1. The van der Waals surface area contributed by atoms with E-state index < -0.39 is 11.6 Å². The van der Waals surface area contributed by atoms with E-state index >= 15 is 0 Å². The van der Waals surface area contributed by atoms with Gasteiger partial charge in [0.1, 0.15) is 6.33 Å². The predicted octanol–water partition coefficient (Wildman–Crippen LogP) is 3.37. The lowest BCUT2D eigenvalue weighted by Gasteiger charge is -2.27. The van der Waals surface area contributed by atoms with Gasteiger partial charge in [0.25, 0.3) is 0 Å². The lowest BCUT2D eigenvalue weighted by Crippen LogP contribution is -2.31. The van der Waals surface area contributed by atoms with E-state index in [0.717, 1.165) is 31.6 Å². The Hall–Kier alpha value is -1.57. The number of likely N-dealkylation sites (tertiary alicyclic amines) is 1. The summed E-state index contributed by atoms with van der Waals surface area (Å²) in [6, 6.07) is -0.330. The SMILES string of the molecule is CN1CCC(c2cn(C(=O)NCCCC3(C(F)(F)F)CC3)cn2)CC1. The quantitative estimate of drug-likeness (QED) is 0.821. The molecule has 1 aromatic rings. The number of carbonyl (C=O) groups excluding carboxylic acids is 1. The summed E-state index contributed by atoms with van der Waals surface area (Å²) in [5.41, 5.74) is -0.578. The van der Waals surface area contributed by atoms with E-state index in [2.05, 4.69) is 22.2 Å². The first-order chi connectivity index (χ1) is 11.8. The highest BCUT2D eigenvalue weighted by Gasteiger charge is 2.62. The van der Waals surface area contributed by atoms with Crippen molar-refractivity contribution in [3.63, 3.8) is 0 Å². The fourth-order valence-electron chi connectivity index (χ4n) is 3.50. The molecule has 140 valence electrons. The zero-order valence-corrected chi connectivity index (χ0v) is 14.5. The predicted molar refractivity (Wildman–Crippen MR) is 87.5 cm³/mol. The molecule has 0 radical (unpaired) electrons. The zero-order valence-electron chi connectivity index (χ0n) is 14.5. The Morgan fingerprint density at radius 1 is 1.36 bits per heavy atom. The lowest BCUT2D eigenvalue weighted by atomic mass is 9.94. The van der Waals surface area contributed by atoms with Crippen LogP contribution in [0, 0.1) is 5.41 Å². The minimum Gasteiger partial charge on any atom is -0.337 e. The summed E-state index contributed by atoms with van der Waals surface area (Å²) in [5.74, 6) is 0.367. The monoisotopic (exact) mass is 358 g/mol. The molecule has 2 heterocycles. The van der Waals surface area contributed by atoms with Gasteiger partial charge in [-0.2, -0.15) is 13.2 Å². The molecule has 5 nitrogen and oxygen atoms in total.